The summed E-state index contributed by atoms with van der Waals surface area (Å²) in [6.45, 7) is 3.88. The van der Waals surface area contributed by atoms with E-state index in [1.54, 1.807) is 0 Å². The zero-order valence-electron chi connectivity index (χ0n) is 11.5. The van der Waals surface area contributed by atoms with Crippen LogP contribution in [-0.4, -0.2) is 35.0 Å². The first-order valence-electron chi connectivity index (χ1n) is 6.67. The molecule has 1 fully saturated rings. The molecule has 1 saturated carbocycles. The van der Waals surface area contributed by atoms with E-state index in [-0.39, 0.29) is 12.5 Å². The number of carboxylic acids is 1. The number of carboxylic acid groups (broad SMARTS) is 1. The lowest BCUT2D eigenvalue weighted by Gasteiger charge is -2.38. The number of carbonyl (C=O) groups excluding carboxylic acids is 2. The third-order valence-corrected chi connectivity index (χ3v) is 3.39. The Morgan fingerprint density at radius 3 is 2.26 bits per heavy atom. The zero-order chi connectivity index (χ0) is 14.5. The molecule has 6 nitrogen and oxygen atoms in total. The van der Waals surface area contributed by atoms with Crippen molar-refractivity contribution in [2.45, 2.75) is 51.5 Å². The van der Waals surface area contributed by atoms with E-state index < -0.39 is 17.4 Å². The smallest absolute Gasteiger partial charge is 0.329 e. The first-order chi connectivity index (χ1) is 8.85. The molecule has 0 heterocycles. The fraction of sp³-hybridized carbons (Fsp3) is 0.769. The van der Waals surface area contributed by atoms with Crippen molar-refractivity contribution in [3.05, 3.63) is 0 Å². The third-order valence-electron chi connectivity index (χ3n) is 3.39. The molecule has 0 bridgehead atoms. The van der Waals surface area contributed by atoms with Crippen molar-refractivity contribution < 1.29 is 19.5 Å². The van der Waals surface area contributed by atoms with E-state index in [0.29, 0.717) is 25.2 Å². The number of aliphatic carboxylic acids is 1. The van der Waals surface area contributed by atoms with Crippen LogP contribution in [0, 0.1) is 5.92 Å². The highest BCUT2D eigenvalue weighted by molar-refractivity contribution is 5.90. The lowest BCUT2D eigenvalue weighted by molar-refractivity contribution is -0.151. The highest BCUT2D eigenvalue weighted by Crippen LogP contribution is 2.31. The molecule has 0 unspecified atom stereocenters. The van der Waals surface area contributed by atoms with E-state index in [4.69, 9.17) is 5.11 Å². The molecule has 2 amide bonds. The summed E-state index contributed by atoms with van der Waals surface area (Å²) in [6.07, 6.45) is 2.86. The topological polar surface area (TPSA) is 95.5 Å². The SMILES string of the molecule is CC(C)CCC(=O)NCC(=O)NC1(C(=O)O)CCC1. The number of rotatable bonds is 7. The Kier molecular flexibility index (Phi) is 5.32. The molecule has 0 atom stereocenters. The first-order valence-corrected chi connectivity index (χ1v) is 6.67. The number of hydrogen-bond donors (Lipinski definition) is 3. The summed E-state index contributed by atoms with van der Waals surface area (Å²) in [6, 6.07) is 0. The Labute approximate surface area is 112 Å². The second kappa shape index (κ2) is 6.54. The van der Waals surface area contributed by atoms with Gasteiger partial charge in [0, 0.05) is 6.42 Å². The van der Waals surface area contributed by atoms with Gasteiger partial charge in [0.25, 0.3) is 0 Å². The molecule has 0 aliphatic heterocycles. The van der Waals surface area contributed by atoms with E-state index in [9.17, 15) is 14.4 Å². The highest BCUT2D eigenvalue weighted by Gasteiger charge is 2.45. The fourth-order valence-electron chi connectivity index (χ4n) is 1.92. The first kappa shape index (κ1) is 15.5. The molecule has 0 aromatic rings. The monoisotopic (exact) mass is 270 g/mol. The second-order valence-corrected chi connectivity index (χ2v) is 5.50. The molecule has 0 spiro atoms. The maximum atomic E-state index is 11.6. The van der Waals surface area contributed by atoms with Crippen molar-refractivity contribution in [3.8, 4) is 0 Å². The third kappa shape index (κ3) is 4.54. The fourth-order valence-corrected chi connectivity index (χ4v) is 1.92. The number of hydrogen-bond acceptors (Lipinski definition) is 3. The molecule has 0 saturated heterocycles. The number of amides is 2. The normalized spacial score (nSPS) is 16.6. The van der Waals surface area contributed by atoms with Gasteiger partial charge < -0.3 is 15.7 Å². The van der Waals surface area contributed by atoms with Gasteiger partial charge in [0.2, 0.25) is 11.8 Å². The van der Waals surface area contributed by atoms with Gasteiger partial charge in [-0.15, -0.1) is 0 Å². The van der Waals surface area contributed by atoms with Crippen LogP contribution in [0.4, 0.5) is 0 Å². The van der Waals surface area contributed by atoms with Gasteiger partial charge in [0.05, 0.1) is 6.54 Å². The Morgan fingerprint density at radius 1 is 1.21 bits per heavy atom. The quantitative estimate of drug-likeness (QED) is 0.633. The minimum Gasteiger partial charge on any atom is -0.480 e. The lowest BCUT2D eigenvalue weighted by atomic mass is 9.77. The summed E-state index contributed by atoms with van der Waals surface area (Å²) in [5.41, 5.74) is -1.11. The minimum absolute atomic E-state index is 0.161. The van der Waals surface area contributed by atoms with Gasteiger partial charge in [-0.25, -0.2) is 4.79 Å². The van der Waals surface area contributed by atoms with Crippen LogP contribution >= 0.6 is 0 Å². The van der Waals surface area contributed by atoms with Crippen molar-refractivity contribution in [1.29, 1.82) is 0 Å². The van der Waals surface area contributed by atoms with Gasteiger partial charge in [-0.1, -0.05) is 13.8 Å². The van der Waals surface area contributed by atoms with Gasteiger partial charge >= 0.3 is 5.97 Å². The van der Waals surface area contributed by atoms with Crippen LogP contribution in [0.2, 0.25) is 0 Å². The molecule has 1 aliphatic rings. The van der Waals surface area contributed by atoms with E-state index in [0.717, 1.165) is 12.8 Å². The van der Waals surface area contributed by atoms with Crippen LogP contribution in [0.5, 0.6) is 0 Å². The molecule has 19 heavy (non-hydrogen) atoms. The van der Waals surface area contributed by atoms with Crippen molar-refractivity contribution in [2.24, 2.45) is 5.92 Å². The molecule has 0 aromatic carbocycles. The van der Waals surface area contributed by atoms with Crippen molar-refractivity contribution in [2.75, 3.05) is 6.54 Å². The van der Waals surface area contributed by atoms with Crippen LogP contribution in [-0.2, 0) is 14.4 Å². The van der Waals surface area contributed by atoms with Crippen LogP contribution in [0.3, 0.4) is 0 Å². The van der Waals surface area contributed by atoms with E-state index in [1.807, 2.05) is 13.8 Å². The van der Waals surface area contributed by atoms with Crippen LogP contribution in [0.15, 0.2) is 0 Å². The molecule has 0 radical (unpaired) electrons. The maximum absolute atomic E-state index is 11.6. The summed E-state index contributed by atoms with van der Waals surface area (Å²) in [5, 5.41) is 14.1. The van der Waals surface area contributed by atoms with E-state index in [2.05, 4.69) is 10.6 Å². The maximum Gasteiger partial charge on any atom is 0.329 e. The Balaban J connectivity index is 2.28. The summed E-state index contributed by atoms with van der Waals surface area (Å²) in [4.78, 5) is 34.1. The molecule has 3 N–H and O–H groups in total. The molecule has 1 aliphatic carbocycles. The Morgan fingerprint density at radius 2 is 1.84 bits per heavy atom. The van der Waals surface area contributed by atoms with Crippen molar-refractivity contribution in [1.82, 2.24) is 10.6 Å². The minimum atomic E-state index is -1.11. The zero-order valence-corrected chi connectivity index (χ0v) is 11.5. The van der Waals surface area contributed by atoms with Crippen molar-refractivity contribution in [3.63, 3.8) is 0 Å². The average Bonchev–Trinajstić information content (AvgIpc) is 2.28. The Hall–Kier alpha value is -1.59. The summed E-state index contributed by atoms with van der Waals surface area (Å²) in [7, 11) is 0. The van der Waals surface area contributed by atoms with Crippen LogP contribution in [0.1, 0.15) is 46.0 Å². The summed E-state index contributed by atoms with van der Waals surface area (Å²) in [5.74, 6) is -1.19. The number of carbonyl (C=O) groups is 3. The lowest BCUT2D eigenvalue weighted by Crippen LogP contribution is -2.60. The highest BCUT2D eigenvalue weighted by atomic mass is 16.4. The van der Waals surface area contributed by atoms with Gasteiger partial charge in [0.1, 0.15) is 5.54 Å². The van der Waals surface area contributed by atoms with Gasteiger partial charge in [-0.05, 0) is 31.6 Å². The largest absolute Gasteiger partial charge is 0.480 e. The summed E-state index contributed by atoms with van der Waals surface area (Å²) < 4.78 is 0. The predicted molar refractivity (Wildman–Crippen MR) is 69.4 cm³/mol. The Bertz CT molecular complexity index is 362. The van der Waals surface area contributed by atoms with Gasteiger partial charge in [0.15, 0.2) is 0 Å². The molecule has 108 valence electrons. The standard InChI is InChI=1S/C13H22N2O4/c1-9(2)4-5-10(16)14-8-11(17)15-13(12(18)19)6-3-7-13/h9H,3-8H2,1-2H3,(H,14,16)(H,15,17)(H,18,19). The summed E-state index contributed by atoms with van der Waals surface area (Å²) >= 11 is 0. The van der Waals surface area contributed by atoms with Gasteiger partial charge in [-0.2, -0.15) is 0 Å². The van der Waals surface area contributed by atoms with Crippen molar-refractivity contribution >= 4 is 17.8 Å². The molecule has 1 rings (SSSR count). The molecular weight excluding hydrogens is 248 g/mol. The number of nitrogens with one attached hydrogen (secondary N) is 2. The van der Waals surface area contributed by atoms with Crippen LogP contribution in [0.25, 0.3) is 0 Å². The van der Waals surface area contributed by atoms with E-state index in [1.165, 1.54) is 0 Å². The predicted octanol–water partition coefficient (Wildman–Crippen LogP) is 0.662. The van der Waals surface area contributed by atoms with E-state index >= 15 is 0 Å². The van der Waals surface area contributed by atoms with Crippen LogP contribution < -0.4 is 10.6 Å². The van der Waals surface area contributed by atoms with Gasteiger partial charge in [-0.3, -0.25) is 9.59 Å². The average molecular weight is 270 g/mol. The molecule has 6 heteroatoms. The second-order valence-electron chi connectivity index (χ2n) is 5.50. The molecule has 0 aromatic heterocycles. The molecular formula is C13H22N2O4.